The summed E-state index contributed by atoms with van der Waals surface area (Å²) in [5.74, 6) is 0.781. The fourth-order valence-electron chi connectivity index (χ4n) is 2.34. The van der Waals surface area contributed by atoms with Crippen LogP contribution in [0, 0.1) is 5.92 Å². The minimum Gasteiger partial charge on any atom is -0.299 e. The number of piperidine rings is 1. The predicted octanol–water partition coefficient (Wildman–Crippen LogP) is 2.80. The summed E-state index contributed by atoms with van der Waals surface area (Å²) in [6.45, 7) is 6.88. The standard InChI is InChI=1S/C13H21ClN2O2S2/c1-10-5-7-16(8-6-10)11(2)9-15-20(17,18)13-4-3-12(14)19-13/h3-4,10-11,15H,5-9H2,1-2H3/t11-/m0/s1. The van der Waals surface area contributed by atoms with Gasteiger partial charge in [-0.3, -0.25) is 4.90 Å². The molecule has 2 rings (SSSR count). The van der Waals surface area contributed by atoms with Crippen LogP contribution in [0.1, 0.15) is 26.7 Å². The van der Waals surface area contributed by atoms with Crippen LogP contribution >= 0.6 is 22.9 Å². The zero-order chi connectivity index (χ0) is 14.8. The molecule has 0 aromatic carbocycles. The quantitative estimate of drug-likeness (QED) is 0.899. The van der Waals surface area contributed by atoms with Crippen molar-refractivity contribution < 1.29 is 8.42 Å². The number of thiophene rings is 1. The number of halogens is 1. The Balaban J connectivity index is 1.88. The van der Waals surface area contributed by atoms with E-state index in [1.807, 2.05) is 0 Å². The van der Waals surface area contributed by atoms with E-state index >= 15 is 0 Å². The molecule has 1 aliphatic rings. The van der Waals surface area contributed by atoms with Crippen LogP contribution in [0.4, 0.5) is 0 Å². The largest absolute Gasteiger partial charge is 0.299 e. The topological polar surface area (TPSA) is 49.4 Å². The molecular formula is C13H21ClN2O2S2. The van der Waals surface area contributed by atoms with E-state index in [-0.39, 0.29) is 10.3 Å². The molecule has 0 radical (unpaired) electrons. The summed E-state index contributed by atoms with van der Waals surface area (Å²) in [4.78, 5) is 2.35. The van der Waals surface area contributed by atoms with E-state index in [0.717, 1.165) is 30.3 Å². The van der Waals surface area contributed by atoms with Gasteiger partial charge >= 0.3 is 0 Å². The third-order valence-electron chi connectivity index (χ3n) is 3.82. The Hall–Kier alpha value is -0.140. The first-order valence-corrected chi connectivity index (χ1v) is 9.55. The second kappa shape index (κ2) is 6.75. The highest BCUT2D eigenvalue weighted by Gasteiger charge is 2.23. The van der Waals surface area contributed by atoms with E-state index in [1.165, 1.54) is 12.8 Å². The average Bonchev–Trinajstić information content (AvgIpc) is 2.84. The van der Waals surface area contributed by atoms with E-state index in [4.69, 9.17) is 11.6 Å². The zero-order valence-electron chi connectivity index (χ0n) is 11.8. The van der Waals surface area contributed by atoms with Crippen molar-refractivity contribution >= 4 is 33.0 Å². The molecule has 0 aliphatic carbocycles. The van der Waals surface area contributed by atoms with Gasteiger partial charge in [0.05, 0.1) is 4.34 Å². The van der Waals surface area contributed by atoms with Gasteiger partial charge in [-0.1, -0.05) is 18.5 Å². The maximum atomic E-state index is 12.1. The fourth-order valence-corrected chi connectivity index (χ4v) is 4.99. The summed E-state index contributed by atoms with van der Waals surface area (Å²) in [7, 11) is -3.43. The van der Waals surface area contributed by atoms with Crippen molar-refractivity contribution in [3.63, 3.8) is 0 Å². The molecule has 1 aliphatic heterocycles. The Labute approximate surface area is 130 Å². The maximum absolute atomic E-state index is 12.1. The molecule has 1 N–H and O–H groups in total. The maximum Gasteiger partial charge on any atom is 0.250 e. The normalized spacial score (nSPS) is 20.1. The van der Waals surface area contributed by atoms with Crippen molar-refractivity contribution in [1.82, 2.24) is 9.62 Å². The average molecular weight is 337 g/mol. The van der Waals surface area contributed by atoms with Crippen LogP contribution in [0.3, 0.4) is 0 Å². The molecule has 4 nitrogen and oxygen atoms in total. The lowest BCUT2D eigenvalue weighted by Gasteiger charge is -2.34. The lowest BCUT2D eigenvalue weighted by molar-refractivity contribution is 0.148. The number of nitrogens with one attached hydrogen (secondary N) is 1. The number of nitrogens with zero attached hydrogens (tertiary/aromatic N) is 1. The summed E-state index contributed by atoms with van der Waals surface area (Å²) in [5.41, 5.74) is 0. The van der Waals surface area contributed by atoms with Gasteiger partial charge in [0.1, 0.15) is 4.21 Å². The van der Waals surface area contributed by atoms with E-state index in [2.05, 4.69) is 23.5 Å². The van der Waals surface area contributed by atoms with Crippen LogP contribution in [0.15, 0.2) is 16.3 Å². The van der Waals surface area contributed by atoms with Gasteiger partial charge in [-0.25, -0.2) is 13.1 Å². The molecular weight excluding hydrogens is 316 g/mol. The molecule has 1 saturated heterocycles. The van der Waals surface area contributed by atoms with Crippen LogP contribution < -0.4 is 4.72 Å². The van der Waals surface area contributed by atoms with Gasteiger partial charge in [0.2, 0.25) is 10.0 Å². The van der Waals surface area contributed by atoms with Crippen LogP contribution in [0.2, 0.25) is 4.34 Å². The Kier molecular flexibility index (Phi) is 5.48. The number of sulfonamides is 1. The van der Waals surface area contributed by atoms with E-state index in [1.54, 1.807) is 12.1 Å². The molecule has 0 saturated carbocycles. The van der Waals surface area contributed by atoms with Gasteiger partial charge in [0.25, 0.3) is 0 Å². The van der Waals surface area contributed by atoms with Gasteiger partial charge in [-0.05, 0) is 50.9 Å². The Morgan fingerprint density at radius 2 is 2.10 bits per heavy atom. The highest BCUT2D eigenvalue weighted by Crippen LogP contribution is 2.25. The monoisotopic (exact) mass is 336 g/mol. The van der Waals surface area contributed by atoms with Crippen molar-refractivity contribution in [3.8, 4) is 0 Å². The highest BCUT2D eigenvalue weighted by molar-refractivity contribution is 7.91. The van der Waals surface area contributed by atoms with Crippen molar-refractivity contribution in [2.45, 2.75) is 36.9 Å². The highest BCUT2D eigenvalue weighted by atomic mass is 35.5. The first kappa shape index (κ1) is 16.2. The lowest BCUT2D eigenvalue weighted by atomic mass is 9.98. The Morgan fingerprint density at radius 3 is 2.65 bits per heavy atom. The van der Waals surface area contributed by atoms with Gasteiger partial charge in [-0.2, -0.15) is 0 Å². The van der Waals surface area contributed by atoms with Crippen LogP contribution in [0.5, 0.6) is 0 Å². The molecule has 20 heavy (non-hydrogen) atoms. The van der Waals surface area contributed by atoms with Crippen LogP contribution in [-0.4, -0.2) is 39.0 Å². The molecule has 1 atom stereocenters. The summed E-state index contributed by atoms with van der Waals surface area (Å²) in [6.07, 6.45) is 2.38. The summed E-state index contributed by atoms with van der Waals surface area (Å²) < 4.78 is 27.7. The van der Waals surface area contributed by atoms with Gasteiger partial charge < -0.3 is 0 Å². The molecule has 2 heterocycles. The SMILES string of the molecule is CC1CCN([C@@H](C)CNS(=O)(=O)c2ccc(Cl)s2)CC1. The minimum absolute atomic E-state index is 0.215. The number of hydrogen-bond acceptors (Lipinski definition) is 4. The first-order valence-electron chi connectivity index (χ1n) is 6.87. The number of hydrogen-bond donors (Lipinski definition) is 1. The molecule has 1 fully saturated rings. The molecule has 0 unspecified atom stereocenters. The number of rotatable bonds is 5. The third-order valence-corrected chi connectivity index (χ3v) is 6.97. The third kappa shape index (κ3) is 4.18. The molecule has 0 amide bonds. The first-order chi connectivity index (χ1) is 9.38. The van der Waals surface area contributed by atoms with E-state index in [0.29, 0.717) is 10.9 Å². The second-order valence-electron chi connectivity index (χ2n) is 5.48. The lowest BCUT2D eigenvalue weighted by Crippen LogP contribution is -2.45. The Bertz CT molecular complexity index is 536. The predicted molar refractivity (Wildman–Crippen MR) is 84.0 cm³/mol. The van der Waals surface area contributed by atoms with Crippen molar-refractivity contribution in [2.75, 3.05) is 19.6 Å². The molecule has 114 valence electrons. The van der Waals surface area contributed by atoms with Crippen molar-refractivity contribution in [2.24, 2.45) is 5.92 Å². The summed E-state index contributed by atoms with van der Waals surface area (Å²) in [6, 6.07) is 3.37. The van der Waals surface area contributed by atoms with Crippen LogP contribution in [-0.2, 0) is 10.0 Å². The van der Waals surface area contributed by atoms with Gasteiger partial charge in [0.15, 0.2) is 0 Å². The second-order valence-corrected chi connectivity index (χ2v) is 9.19. The van der Waals surface area contributed by atoms with E-state index < -0.39 is 10.0 Å². The van der Waals surface area contributed by atoms with E-state index in [9.17, 15) is 8.42 Å². The van der Waals surface area contributed by atoms with Gasteiger partial charge in [0, 0.05) is 12.6 Å². The molecule has 1 aromatic heterocycles. The summed E-state index contributed by atoms with van der Waals surface area (Å²) >= 11 is 6.87. The Morgan fingerprint density at radius 1 is 1.45 bits per heavy atom. The minimum atomic E-state index is -3.43. The molecule has 1 aromatic rings. The smallest absolute Gasteiger partial charge is 0.250 e. The van der Waals surface area contributed by atoms with Gasteiger partial charge in [-0.15, -0.1) is 11.3 Å². The molecule has 0 spiro atoms. The number of likely N-dealkylation sites (tertiary alicyclic amines) is 1. The fraction of sp³-hybridized carbons (Fsp3) is 0.692. The van der Waals surface area contributed by atoms with Crippen LogP contribution in [0.25, 0.3) is 0 Å². The summed E-state index contributed by atoms with van der Waals surface area (Å²) in [5, 5.41) is 0. The zero-order valence-corrected chi connectivity index (χ0v) is 14.2. The molecule has 7 heteroatoms. The molecule has 0 bridgehead atoms. The van der Waals surface area contributed by atoms with Crippen molar-refractivity contribution in [3.05, 3.63) is 16.5 Å². The van der Waals surface area contributed by atoms with Crippen molar-refractivity contribution in [1.29, 1.82) is 0 Å².